The first-order valence-corrected chi connectivity index (χ1v) is 7.10. The smallest absolute Gasteiger partial charge is 0.142 e. The molecule has 0 aliphatic carbocycles. The van der Waals surface area contributed by atoms with Crippen molar-refractivity contribution < 1.29 is 4.39 Å². The molecule has 0 radical (unpaired) electrons. The quantitative estimate of drug-likeness (QED) is 0.669. The van der Waals surface area contributed by atoms with Gasteiger partial charge in [-0.05, 0) is 28.9 Å². The average Bonchev–Trinajstić information content (AvgIpc) is 2.76. The standard InChI is InChI=1S/C12H13BrFN3S/c1-7-16-8(6-18-7)5-11(17-15)9-3-2-4-10(13)12(9)14/h2-4,6,11,17H,5,15H2,1H3. The highest BCUT2D eigenvalue weighted by Gasteiger charge is 2.17. The Morgan fingerprint density at radius 3 is 2.94 bits per heavy atom. The zero-order valence-corrected chi connectivity index (χ0v) is 12.2. The van der Waals surface area contributed by atoms with Crippen molar-refractivity contribution in [2.75, 3.05) is 0 Å². The van der Waals surface area contributed by atoms with Crippen molar-refractivity contribution in [3.05, 3.63) is 50.1 Å². The van der Waals surface area contributed by atoms with Gasteiger partial charge in [-0.25, -0.2) is 9.37 Å². The Morgan fingerprint density at radius 1 is 1.56 bits per heavy atom. The van der Waals surface area contributed by atoms with E-state index in [-0.39, 0.29) is 11.9 Å². The molecule has 0 spiro atoms. The fourth-order valence-electron chi connectivity index (χ4n) is 1.76. The van der Waals surface area contributed by atoms with Crippen LogP contribution in [-0.2, 0) is 6.42 Å². The maximum absolute atomic E-state index is 14.0. The highest BCUT2D eigenvalue weighted by atomic mass is 79.9. The summed E-state index contributed by atoms with van der Waals surface area (Å²) in [5.74, 6) is 5.24. The molecule has 0 bridgehead atoms. The van der Waals surface area contributed by atoms with E-state index < -0.39 is 0 Å². The third-order valence-electron chi connectivity index (χ3n) is 2.64. The second-order valence-electron chi connectivity index (χ2n) is 3.92. The van der Waals surface area contributed by atoms with Crippen molar-refractivity contribution in [1.29, 1.82) is 0 Å². The van der Waals surface area contributed by atoms with Gasteiger partial charge in [0.15, 0.2) is 0 Å². The molecule has 6 heteroatoms. The summed E-state index contributed by atoms with van der Waals surface area (Å²) >= 11 is 4.75. The van der Waals surface area contributed by atoms with Gasteiger partial charge in [-0.1, -0.05) is 12.1 Å². The molecule has 2 aromatic rings. The largest absolute Gasteiger partial charge is 0.271 e. The summed E-state index contributed by atoms with van der Waals surface area (Å²) in [5, 5.41) is 2.96. The number of hydrogen-bond acceptors (Lipinski definition) is 4. The van der Waals surface area contributed by atoms with Gasteiger partial charge in [0.25, 0.3) is 0 Å². The maximum Gasteiger partial charge on any atom is 0.142 e. The fourth-order valence-corrected chi connectivity index (χ4v) is 2.77. The molecule has 3 nitrogen and oxygen atoms in total. The molecule has 18 heavy (non-hydrogen) atoms. The highest BCUT2D eigenvalue weighted by molar-refractivity contribution is 9.10. The molecular weight excluding hydrogens is 317 g/mol. The zero-order valence-electron chi connectivity index (χ0n) is 9.78. The Morgan fingerprint density at radius 2 is 2.33 bits per heavy atom. The van der Waals surface area contributed by atoms with Gasteiger partial charge in [0.2, 0.25) is 0 Å². The van der Waals surface area contributed by atoms with E-state index in [0.717, 1.165) is 10.7 Å². The molecule has 0 saturated carbocycles. The molecular formula is C12H13BrFN3S. The van der Waals surface area contributed by atoms with E-state index in [1.807, 2.05) is 12.3 Å². The number of nitrogens with two attached hydrogens (primary N) is 1. The van der Waals surface area contributed by atoms with Crippen LogP contribution in [0.5, 0.6) is 0 Å². The van der Waals surface area contributed by atoms with Crippen LogP contribution in [0.2, 0.25) is 0 Å². The van der Waals surface area contributed by atoms with Crippen LogP contribution in [0.4, 0.5) is 4.39 Å². The molecule has 1 heterocycles. The Hall–Kier alpha value is -0.820. The lowest BCUT2D eigenvalue weighted by molar-refractivity contribution is 0.505. The van der Waals surface area contributed by atoms with E-state index in [2.05, 4.69) is 26.3 Å². The van der Waals surface area contributed by atoms with Crippen LogP contribution in [0.1, 0.15) is 22.3 Å². The van der Waals surface area contributed by atoms with Crippen LogP contribution in [0, 0.1) is 12.7 Å². The van der Waals surface area contributed by atoms with E-state index in [1.165, 1.54) is 0 Å². The number of nitrogens with one attached hydrogen (secondary N) is 1. The molecule has 1 unspecified atom stereocenters. The molecule has 0 aliphatic heterocycles. The summed E-state index contributed by atoms with van der Waals surface area (Å²) < 4.78 is 14.4. The Bertz CT molecular complexity index is 544. The lowest BCUT2D eigenvalue weighted by Gasteiger charge is -2.16. The molecule has 2 rings (SSSR count). The molecule has 0 amide bonds. The molecule has 1 aromatic carbocycles. The van der Waals surface area contributed by atoms with Crippen molar-refractivity contribution in [3.8, 4) is 0 Å². The SMILES string of the molecule is Cc1nc(CC(NN)c2cccc(Br)c2F)cs1. The van der Waals surface area contributed by atoms with Crippen molar-refractivity contribution in [2.24, 2.45) is 5.84 Å². The highest BCUT2D eigenvalue weighted by Crippen LogP contribution is 2.26. The number of aromatic nitrogens is 1. The number of hydrazine groups is 1. The summed E-state index contributed by atoms with van der Waals surface area (Å²) in [6.45, 7) is 1.94. The number of aryl methyl sites for hydroxylation is 1. The van der Waals surface area contributed by atoms with Gasteiger partial charge < -0.3 is 0 Å². The van der Waals surface area contributed by atoms with E-state index in [4.69, 9.17) is 5.84 Å². The lowest BCUT2D eigenvalue weighted by atomic mass is 10.0. The van der Waals surface area contributed by atoms with Crippen molar-refractivity contribution in [3.63, 3.8) is 0 Å². The number of nitrogens with zero attached hydrogens (tertiary/aromatic N) is 1. The van der Waals surface area contributed by atoms with Crippen LogP contribution in [0.3, 0.4) is 0 Å². The molecule has 0 saturated heterocycles. The Balaban J connectivity index is 2.25. The van der Waals surface area contributed by atoms with Crippen molar-refractivity contribution >= 4 is 27.3 Å². The number of rotatable bonds is 4. The van der Waals surface area contributed by atoms with Crippen LogP contribution in [0.25, 0.3) is 0 Å². The van der Waals surface area contributed by atoms with E-state index in [0.29, 0.717) is 16.5 Å². The van der Waals surface area contributed by atoms with Crippen LogP contribution in [0.15, 0.2) is 28.1 Å². The maximum atomic E-state index is 14.0. The summed E-state index contributed by atoms with van der Waals surface area (Å²) in [6, 6.07) is 4.89. The van der Waals surface area contributed by atoms with Gasteiger partial charge in [-0.3, -0.25) is 11.3 Å². The van der Waals surface area contributed by atoms with E-state index >= 15 is 0 Å². The molecule has 3 N–H and O–H groups in total. The number of hydrogen-bond donors (Lipinski definition) is 2. The normalized spacial score (nSPS) is 12.7. The minimum atomic E-state index is -0.288. The average molecular weight is 330 g/mol. The Kier molecular flexibility index (Phi) is 4.45. The topological polar surface area (TPSA) is 50.9 Å². The van der Waals surface area contributed by atoms with E-state index in [9.17, 15) is 4.39 Å². The third kappa shape index (κ3) is 2.95. The number of thiazole rings is 1. The fraction of sp³-hybridized carbons (Fsp3) is 0.250. The minimum absolute atomic E-state index is 0.285. The third-order valence-corrected chi connectivity index (χ3v) is 4.07. The predicted molar refractivity (Wildman–Crippen MR) is 74.7 cm³/mol. The van der Waals surface area contributed by atoms with Gasteiger partial charge in [-0.2, -0.15) is 0 Å². The molecule has 1 atom stereocenters. The summed E-state index contributed by atoms with van der Waals surface area (Å²) in [6.07, 6.45) is 0.564. The number of halogens is 2. The van der Waals surface area contributed by atoms with Gasteiger partial charge in [0, 0.05) is 17.4 Å². The summed E-state index contributed by atoms with van der Waals surface area (Å²) in [5.41, 5.74) is 4.10. The molecule has 96 valence electrons. The second kappa shape index (κ2) is 5.88. The zero-order chi connectivity index (χ0) is 13.1. The minimum Gasteiger partial charge on any atom is -0.271 e. The van der Waals surface area contributed by atoms with Crippen LogP contribution >= 0.6 is 27.3 Å². The first-order valence-electron chi connectivity index (χ1n) is 5.43. The molecule has 0 fully saturated rings. The van der Waals surface area contributed by atoms with Gasteiger partial charge in [0.05, 0.1) is 21.2 Å². The second-order valence-corrected chi connectivity index (χ2v) is 5.84. The van der Waals surface area contributed by atoms with Gasteiger partial charge >= 0.3 is 0 Å². The summed E-state index contributed by atoms with van der Waals surface area (Å²) in [7, 11) is 0. The summed E-state index contributed by atoms with van der Waals surface area (Å²) in [4.78, 5) is 4.36. The first kappa shape index (κ1) is 13.6. The van der Waals surface area contributed by atoms with Crippen molar-refractivity contribution in [2.45, 2.75) is 19.4 Å². The van der Waals surface area contributed by atoms with Gasteiger partial charge in [-0.15, -0.1) is 11.3 Å². The van der Waals surface area contributed by atoms with Crippen LogP contribution < -0.4 is 11.3 Å². The lowest BCUT2D eigenvalue weighted by Crippen LogP contribution is -2.30. The molecule has 1 aromatic heterocycles. The van der Waals surface area contributed by atoms with E-state index in [1.54, 1.807) is 29.5 Å². The van der Waals surface area contributed by atoms with Gasteiger partial charge in [0.1, 0.15) is 5.82 Å². The first-order chi connectivity index (χ1) is 8.61. The van der Waals surface area contributed by atoms with Crippen molar-refractivity contribution in [1.82, 2.24) is 10.4 Å². The molecule has 0 aliphatic rings. The monoisotopic (exact) mass is 329 g/mol. The van der Waals surface area contributed by atoms with Crippen LogP contribution in [-0.4, -0.2) is 4.98 Å². The predicted octanol–water partition coefficient (Wildman–Crippen LogP) is 3.10. The Labute approximate surface area is 117 Å². The number of benzene rings is 1.